The highest BCUT2D eigenvalue weighted by Gasteiger charge is 2.33. The summed E-state index contributed by atoms with van der Waals surface area (Å²) < 4.78 is 39.1. The molecule has 10 heteroatoms. The molecule has 0 spiro atoms. The molecule has 0 unspecified atom stereocenters. The van der Waals surface area contributed by atoms with Crippen molar-refractivity contribution in [2.45, 2.75) is 25.3 Å². The van der Waals surface area contributed by atoms with Crippen molar-refractivity contribution in [3.8, 4) is 0 Å². The van der Waals surface area contributed by atoms with Crippen molar-refractivity contribution in [2.75, 3.05) is 24.6 Å². The van der Waals surface area contributed by atoms with Gasteiger partial charge < -0.3 is 5.11 Å². The van der Waals surface area contributed by atoms with Gasteiger partial charge in [0, 0.05) is 35.4 Å². The molecule has 1 N–H and O–H groups in total. The average molecular weight is 335 g/mol. The van der Waals surface area contributed by atoms with Gasteiger partial charge in [-0.05, 0) is 13.8 Å². The molecule has 1 fully saturated rings. The lowest BCUT2D eigenvalue weighted by molar-refractivity contribution is -0.137. The highest BCUT2D eigenvalue weighted by molar-refractivity contribution is 7.89. The second-order valence-corrected chi connectivity index (χ2v) is 8.37. The maximum absolute atomic E-state index is 12.7. The van der Waals surface area contributed by atoms with E-state index in [0.717, 1.165) is 0 Å². The summed E-state index contributed by atoms with van der Waals surface area (Å²) in [5.74, 6) is -0.445. The summed E-state index contributed by atoms with van der Waals surface area (Å²) in [5, 5.41) is 12.8. The zero-order valence-electron chi connectivity index (χ0n) is 11.8. The lowest BCUT2D eigenvalue weighted by atomic mass is 10.4. The summed E-state index contributed by atoms with van der Waals surface area (Å²) in [5.41, 5.74) is 0.585. The van der Waals surface area contributed by atoms with E-state index in [2.05, 4.69) is 5.10 Å². The number of rotatable bonds is 4. The first-order valence-electron chi connectivity index (χ1n) is 6.34. The summed E-state index contributed by atoms with van der Waals surface area (Å²) in [6, 6.07) is 0. The Bertz CT molecular complexity index is 685. The third kappa shape index (κ3) is 3.16. The standard InChI is InChI=1S/C11H17N3O5S2/c1-8-11(9(2)14(12-8)7-10(15)16)21(18,19)13-3-5-20(17)6-4-13/h3-7H2,1-2H3,(H,15,16). The van der Waals surface area contributed by atoms with E-state index in [0.29, 0.717) is 17.2 Å². The fraction of sp³-hybridized carbons (Fsp3) is 0.636. The van der Waals surface area contributed by atoms with Gasteiger partial charge in [-0.3, -0.25) is 13.7 Å². The quantitative estimate of drug-likeness (QED) is 0.782. The van der Waals surface area contributed by atoms with E-state index in [9.17, 15) is 17.4 Å². The fourth-order valence-corrected chi connectivity index (χ4v) is 5.42. The second-order valence-electron chi connectivity index (χ2n) is 4.80. The number of aromatic nitrogens is 2. The van der Waals surface area contributed by atoms with Crippen LogP contribution in [0, 0.1) is 13.8 Å². The minimum atomic E-state index is -3.74. The predicted molar refractivity (Wildman–Crippen MR) is 76.0 cm³/mol. The highest BCUT2D eigenvalue weighted by Crippen LogP contribution is 2.24. The van der Waals surface area contributed by atoms with Crippen LogP contribution in [0.5, 0.6) is 0 Å². The third-order valence-corrected chi connectivity index (χ3v) is 6.76. The van der Waals surface area contributed by atoms with Crippen LogP contribution in [0.25, 0.3) is 0 Å². The van der Waals surface area contributed by atoms with Gasteiger partial charge in [0.05, 0.1) is 11.4 Å². The van der Waals surface area contributed by atoms with Gasteiger partial charge in [-0.2, -0.15) is 9.40 Å². The summed E-state index contributed by atoms with van der Waals surface area (Å²) in [4.78, 5) is 10.8. The Morgan fingerprint density at radius 1 is 1.33 bits per heavy atom. The number of hydrogen-bond donors (Lipinski definition) is 1. The molecule has 118 valence electrons. The lowest BCUT2D eigenvalue weighted by Crippen LogP contribution is -2.42. The molecule has 8 nitrogen and oxygen atoms in total. The molecular weight excluding hydrogens is 318 g/mol. The van der Waals surface area contributed by atoms with Gasteiger partial charge in [-0.15, -0.1) is 0 Å². The average Bonchev–Trinajstić information content (AvgIpc) is 2.64. The first kappa shape index (κ1) is 16.1. The Kier molecular flexibility index (Phi) is 4.49. The van der Waals surface area contributed by atoms with Crippen LogP contribution >= 0.6 is 0 Å². The minimum absolute atomic E-state index is 0.0523. The molecule has 0 aromatic carbocycles. The Hall–Kier alpha value is -1.26. The Balaban J connectivity index is 2.38. The van der Waals surface area contributed by atoms with E-state index >= 15 is 0 Å². The zero-order valence-corrected chi connectivity index (χ0v) is 13.4. The first-order chi connectivity index (χ1) is 9.73. The number of carboxylic acids is 1. The van der Waals surface area contributed by atoms with Crippen LogP contribution in [0.3, 0.4) is 0 Å². The molecule has 1 aromatic rings. The molecule has 0 radical (unpaired) electrons. The number of carboxylic acid groups (broad SMARTS) is 1. The Morgan fingerprint density at radius 3 is 2.43 bits per heavy atom. The van der Waals surface area contributed by atoms with Gasteiger partial charge in [-0.25, -0.2) is 8.42 Å². The largest absolute Gasteiger partial charge is 0.480 e. The van der Waals surface area contributed by atoms with Crippen molar-refractivity contribution in [1.82, 2.24) is 14.1 Å². The molecule has 1 aliphatic rings. The second kappa shape index (κ2) is 5.85. The Labute approximate surface area is 125 Å². The number of aliphatic carboxylic acids is 1. The molecule has 2 heterocycles. The molecular formula is C11H17N3O5S2. The van der Waals surface area contributed by atoms with Crippen molar-refractivity contribution >= 4 is 26.8 Å². The van der Waals surface area contributed by atoms with Crippen molar-refractivity contribution < 1.29 is 22.5 Å². The van der Waals surface area contributed by atoms with Crippen LogP contribution in [0.1, 0.15) is 11.4 Å². The normalized spacial score (nSPS) is 18.0. The van der Waals surface area contributed by atoms with Crippen LogP contribution in [0.15, 0.2) is 4.90 Å². The van der Waals surface area contributed by atoms with Gasteiger partial charge >= 0.3 is 5.97 Å². The summed E-state index contributed by atoms with van der Waals surface area (Å²) in [7, 11) is -4.71. The van der Waals surface area contributed by atoms with E-state index in [-0.39, 0.29) is 30.2 Å². The van der Waals surface area contributed by atoms with Gasteiger partial charge in [-0.1, -0.05) is 0 Å². The molecule has 0 atom stereocenters. The van der Waals surface area contributed by atoms with Crippen LogP contribution in [0.4, 0.5) is 0 Å². The Morgan fingerprint density at radius 2 is 1.90 bits per heavy atom. The SMILES string of the molecule is Cc1nn(CC(=O)O)c(C)c1S(=O)(=O)N1CCS(=O)CC1. The van der Waals surface area contributed by atoms with Gasteiger partial charge in [0.1, 0.15) is 11.4 Å². The molecule has 0 aliphatic carbocycles. The molecule has 21 heavy (non-hydrogen) atoms. The van der Waals surface area contributed by atoms with Crippen molar-refractivity contribution in [3.05, 3.63) is 11.4 Å². The van der Waals surface area contributed by atoms with Crippen LogP contribution in [-0.4, -0.2) is 62.4 Å². The monoisotopic (exact) mass is 335 g/mol. The number of nitrogens with zero attached hydrogens (tertiary/aromatic N) is 3. The van der Waals surface area contributed by atoms with Crippen molar-refractivity contribution in [3.63, 3.8) is 0 Å². The van der Waals surface area contributed by atoms with E-state index in [4.69, 9.17) is 5.11 Å². The molecule has 1 aromatic heterocycles. The minimum Gasteiger partial charge on any atom is -0.480 e. The smallest absolute Gasteiger partial charge is 0.325 e. The van der Waals surface area contributed by atoms with Crippen molar-refractivity contribution in [1.29, 1.82) is 0 Å². The van der Waals surface area contributed by atoms with Gasteiger partial charge in [0.2, 0.25) is 10.0 Å². The molecule has 0 bridgehead atoms. The summed E-state index contributed by atoms with van der Waals surface area (Å²) in [6.07, 6.45) is 0. The predicted octanol–water partition coefficient (Wildman–Crippen LogP) is -0.662. The molecule has 0 amide bonds. The van der Waals surface area contributed by atoms with Crippen LogP contribution in [-0.2, 0) is 32.2 Å². The highest BCUT2D eigenvalue weighted by atomic mass is 32.2. The number of aryl methyl sites for hydroxylation is 1. The zero-order chi connectivity index (χ0) is 15.8. The first-order valence-corrected chi connectivity index (χ1v) is 9.27. The van der Waals surface area contributed by atoms with E-state index in [1.165, 1.54) is 15.9 Å². The summed E-state index contributed by atoms with van der Waals surface area (Å²) in [6.45, 7) is 3.11. The number of carbonyl (C=O) groups is 1. The molecule has 2 rings (SSSR count). The van der Waals surface area contributed by atoms with Crippen LogP contribution < -0.4 is 0 Å². The maximum atomic E-state index is 12.7. The van der Waals surface area contributed by atoms with E-state index < -0.39 is 26.8 Å². The number of hydrogen-bond acceptors (Lipinski definition) is 5. The fourth-order valence-electron chi connectivity index (χ4n) is 2.33. The summed E-state index contributed by atoms with van der Waals surface area (Å²) >= 11 is 0. The van der Waals surface area contributed by atoms with Crippen LogP contribution in [0.2, 0.25) is 0 Å². The third-order valence-electron chi connectivity index (χ3n) is 3.33. The molecule has 0 saturated carbocycles. The van der Waals surface area contributed by atoms with Crippen molar-refractivity contribution in [2.24, 2.45) is 0 Å². The number of sulfonamides is 1. The molecule has 1 aliphatic heterocycles. The maximum Gasteiger partial charge on any atom is 0.325 e. The van der Waals surface area contributed by atoms with Gasteiger partial charge in [0.25, 0.3) is 0 Å². The molecule has 1 saturated heterocycles. The van der Waals surface area contributed by atoms with E-state index in [1.54, 1.807) is 6.92 Å². The van der Waals surface area contributed by atoms with E-state index in [1.807, 2.05) is 0 Å². The van der Waals surface area contributed by atoms with Gasteiger partial charge in [0.15, 0.2) is 0 Å². The lowest BCUT2D eigenvalue weighted by Gasteiger charge is -2.25. The topological polar surface area (TPSA) is 110 Å².